The van der Waals surface area contributed by atoms with Crippen molar-refractivity contribution in [2.45, 2.75) is 51.5 Å². The summed E-state index contributed by atoms with van der Waals surface area (Å²) in [6.45, 7) is 4.15. The van der Waals surface area contributed by atoms with E-state index in [1.807, 2.05) is 19.9 Å². The molecule has 140 valence electrons. The number of sulfone groups is 1. The Morgan fingerprint density at radius 2 is 2.12 bits per heavy atom. The Balaban J connectivity index is 1.85. The van der Waals surface area contributed by atoms with Gasteiger partial charge in [-0.1, -0.05) is 6.92 Å². The molecule has 2 aromatic heterocycles. The molecular formula is C18H23N3O4S. The number of ether oxygens (including phenoxy) is 1. The van der Waals surface area contributed by atoms with Gasteiger partial charge in [-0.3, -0.25) is 0 Å². The van der Waals surface area contributed by atoms with Crippen molar-refractivity contribution in [1.29, 1.82) is 0 Å². The van der Waals surface area contributed by atoms with Crippen molar-refractivity contribution in [3.05, 3.63) is 23.0 Å². The first-order valence-electron chi connectivity index (χ1n) is 9.17. The van der Waals surface area contributed by atoms with Crippen molar-refractivity contribution in [1.82, 2.24) is 14.8 Å². The lowest BCUT2D eigenvalue weighted by atomic mass is 10.1. The maximum absolute atomic E-state index is 12.6. The quantitative estimate of drug-likeness (QED) is 0.744. The fraction of sp³-hybridized carbons (Fsp3) is 0.611. The molecule has 0 amide bonds. The number of nitrogens with zero attached hydrogens (tertiary/aromatic N) is 3. The summed E-state index contributed by atoms with van der Waals surface area (Å²) in [5, 5.41) is 5.24. The van der Waals surface area contributed by atoms with Gasteiger partial charge >= 0.3 is 5.97 Å². The number of aromatic nitrogens is 3. The molecule has 8 heteroatoms. The number of carbonyl (C=O) groups is 1. The second-order valence-corrected chi connectivity index (χ2v) is 9.52. The summed E-state index contributed by atoms with van der Waals surface area (Å²) in [6.07, 6.45) is 3.41. The summed E-state index contributed by atoms with van der Waals surface area (Å²) in [5.74, 6) is 0.260. The van der Waals surface area contributed by atoms with E-state index in [0.717, 1.165) is 25.0 Å². The van der Waals surface area contributed by atoms with E-state index in [9.17, 15) is 13.2 Å². The van der Waals surface area contributed by atoms with Crippen LogP contribution in [-0.4, -0.2) is 47.3 Å². The average Bonchev–Trinajstić information content (AvgIpc) is 3.32. The van der Waals surface area contributed by atoms with Gasteiger partial charge < -0.3 is 4.74 Å². The molecule has 1 saturated carbocycles. The van der Waals surface area contributed by atoms with Crippen molar-refractivity contribution in [2.24, 2.45) is 0 Å². The minimum absolute atomic E-state index is 0.0776. The first-order valence-corrected chi connectivity index (χ1v) is 11.0. The number of esters is 1. The molecule has 0 aromatic carbocycles. The van der Waals surface area contributed by atoms with Crippen LogP contribution < -0.4 is 0 Å². The summed E-state index contributed by atoms with van der Waals surface area (Å²) in [4.78, 5) is 17.4. The Bertz CT molecular complexity index is 976. The van der Waals surface area contributed by atoms with E-state index in [4.69, 9.17) is 9.72 Å². The molecule has 4 rings (SSSR count). The van der Waals surface area contributed by atoms with E-state index in [2.05, 4.69) is 5.10 Å². The van der Waals surface area contributed by atoms with Gasteiger partial charge in [0.25, 0.3) is 0 Å². The number of rotatable bonds is 5. The van der Waals surface area contributed by atoms with Crippen LogP contribution in [0.1, 0.15) is 66.3 Å². The van der Waals surface area contributed by atoms with Gasteiger partial charge in [0.05, 0.1) is 40.8 Å². The fourth-order valence-electron chi connectivity index (χ4n) is 3.58. The number of carbonyl (C=O) groups excluding carboxylic acids is 1. The summed E-state index contributed by atoms with van der Waals surface area (Å²) < 4.78 is 30.9. The SMILES string of the molecule is CCCOC(=O)c1cc(C2CC2)nc2c1c(C)nn2C1CCS(=O)(=O)C1. The third-order valence-corrected chi connectivity index (χ3v) is 6.81. The Morgan fingerprint density at radius 3 is 2.73 bits per heavy atom. The number of pyridine rings is 1. The van der Waals surface area contributed by atoms with Gasteiger partial charge in [-0.2, -0.15) is 5.10 Å². The van der Waals surface area contributed by atoms with E-state index < -0.39 is 9.84 Å². The topological polar surface area (TPSA) is 91.2 Å². The van der Waals surface area contributed by atoms with Crippen molar-refractivity contribution < 1.29 is 17.9 Å². The average molecular weight is 377 g/mol. The third kappa shape index (κ3) is 3.11. The maximum atomic E-state index is 12.6. The third-order valence-electron chi connectivity index (χ3n) is 5.06. The molecule has 0 radical (unpaired) electrons. The highest BCUT2D eigenvalue weighted by atomic mass is 32.2. The Labute approximate surface area is 152 Å². The Hall–Kier alpha value is -1.96. The Morgan fingerprint density at radius 1 is 1.35 bits per heavy atom. The van der Waals surface area contributed by atoms with Crippen molar-refractivity contribution in [3.63, 3.8) is 0 Å². The smallest absolute Gasteiger partial charge is 0.339 e. The highest BCUT2D eigenvalue weighted by Gasteiger charge is 2.34. The van der Waals surface area contributed by atoms with Gasteiger partial charge in [0.1, 0.15) is 0 Å². The van der Waals surface area contributed by atoms with E-state index >= 15 is 0 Å². The molecule has 1 unspecified atom stereocenters. The fourth-order valence-corrected chi connectivity index (χ4v) is 5.27. The molecule has 1 atom stereocenters. The van der Waals surface area contributed by atoms with Crippen LogP contribution >= 0.6 is 0 Å². The Kier molecular flexibility index (Phi) is 4.25. The molecule has 0 N–H and O–H groups in total. The zero-order valence-electron chi connectivity index (χ0n) is 15.1. The van der Waals surface area contributed by atoms with Crippen molar-refractivity contribution in [2.75, 3.05) is 18.1 Å². The van der Waals surface area contributed by atoms with E-state index in [-0.39, 0.29) is 23.5 Å². The van der Waals surface area contributed by atoms with Crippen LogP contribution in [0.25, 0.3) is 11.0 Å². The molecular weight excluding hydrogens is 354 g/mol. The number of fused-ring (bicyclic) bond motifs is 1. The van der Waals surface area contributed by atoms with Gasteiger partial charge in [-0.15, -0.1) is 0 Å². The molecule has 26 heavy (non-hydrogen) atoms. The first-order chi connectivity index (χ1) is 12.4. The summed E-state index contributed by atoms with van der Waals surface area (Å²) >= 11 is 0. The summed E-state index contributed by atoms with van der Waals surface area (Å²) in [6, 6.07) is 1.61. The zero-order chi connectivity index (χ0) is 18.5. The second-order valence-electron chi connectivity index (χ2n) is 7.29. The molecule has 2 fully saturated rings. The van der Waals surface area contributed by atoms with Crippen LogP contribution in [0.2, 0.25) is 0 Å². The van der Waals surface area contributed by atoms with Crippen molar-refractivity contribution in [3.8, 4) is 0 Å². The van der Waals surface area contributed by atoms with Crippen LogP contribution in [0.4, 0.5) is 0 Å². The summed E-state index contributed by atoms with van der Waals surface area (Å²) in [5.41, 5.74) is 2.66. The number of hydrogen-bond donors (Lipinski definition) is 0. The molecule has 1 aliphatic carbocycles. The highest BCUT2D eigenvalue weighted by Crippen LogP contribution is 2.41. The van der Waals surface area contributed by atoms with Gasteiger partial charge in [0.2, 0.25) is 0 Å². The van der Waals surface area contributed by atoms with Gasteiger partial charge in [0, 0.05) is 11.6 Å². The molecule has 2 aliphatic rings. The molecule has 0 bridgehead atoms. The molecule has 2 aromatic rings. The monoisotopic (exact) mass is 377 g/mol. The zero-order valence-corrected chi connectivity index (χ0v) is 15.9. The lowest BCUT2D eigenvalue weighted by Gasteiger charge is -2.11. The predicted molar refractivity (Wildman–Crippen MR) is 97.1 cm³/mol. The minimum Gasteiger partial charge on any atom is -0.462 e. The van der Waals surface area contributed by atoms with Crippen LogP contribution in [-0.2, 0) is 14.6 Å². The number of aryl methyl sites for hydroxylation is 1. The lowest BCUT2D eigenvalue weighted by molar-refractivity contribution is 0.0507. The first kappa shape index (κ1) is 17.5. The van der Waals surface area contributed by atoms with Crippen molar-refractivity contribution >= 4 is 26.8 Å². The maximum Gasteiger partial charge on any atom is 0.339 e. The van der Waals surface area contributed by atoms with Crippen LogP contribution in [0.5, 0.6) is 0 Å². The van der Waals surface area contributed by atoms with E-state index in [1.54, 1.807) is 4.68 Å². The second kappa shape index (κ2) is 6.33. The van der Waals surface area contributed by atoms with Gasteiger partial charge in [-0.05, 0) is 38.7 Å². The van der Waals surface area contributed by atoms with Gasteiger partial charge in [-0.25, -0.2) is 22.9 Å². The standard InChI is InChI=1S/C18H23N3O4S/c1-3-7-25-18(22)14-9-15(12-4-5-12)19-17-16(14)11(2)20-21(17)13-6-8-26(23,24)10-13/h9,12-13H,3-8,10H2,1-2H3. The summed E-state index contributed by atoms with van der Waals surface area (Å²) in [7, 11) is -3.04. The normalized spacial score (nSPS) is 22.0. The van der Waals surface area contributed by atoms with Crippen LogP contribution in [0.15, 0.2) is 6.07 Å². The lowest BCUT2D eigenvalue weighted by Crippen LogP contribution is -2.14. The minimum atomic E-state index is -3.04. The predicted octanol–water partition coefficient (Wildman–Crippen LogP) is 2.54. The van der Waals surface area contributed by atoms with E-state index in [1.165, 1.54) is 0 Å². The van der Waals surface area contributed by atoms with Gasteiger partial charge in [0.15, 0.2) is 15.5 Å². The van der Waals surface area contributed by atoms with Crippen LogP contribution in [0, 0.1) is 6.92 Å². The molecule has 1 aliphatic heterocycles. The number of hydrogen-bond acceptors (Lipinski definition) is 6. The molecule has 1 saturated heterocycles. The highest BCUT2D eigenvalue weighted by molar-refractivity contribution is 7.91. The van der Waals surface area contributed by atoms with Crippen LogP contribution in [0.3, 0.4) is 0 Å². The molecule has 0 spiro atoms. The largest absolute Gasteiger partial charge is 0.462 e. The molecule has 7 nitrogen and oxygen atoms in total. The molecule has 3 heterocycles. The van der Waals surface area contributed by atoms with E-state index in [0.29, 0.717) is 41.2 Å².